The molecular weight excluding hydrogens is 362 g/mol. The zero-order valence-corrected chi connectivity index (χ0v) is 16.1. The zero-order valence-electron chi connectivity index (χ0n) is 16.1. The van der Waals surface area contributed by atoms with Crippen molar-refractivity contribution in [2.45, 2.75) is 26.4 Å². The van der Waals surface area contributed by atoms with E-state index in [9.17, 15) is 9.59 Å². The number of aromatic nitrogens is 2. The van der Waals surface area contributed by atoms with Crippen LogP contribution in [0.4, 0.5) is 0 Å². The van der Waals surface area contributed by atoms with E-state index in [1.807, 2.05) is 44.2 Å². The molecule has 0 bridgehead atoms. The highest BCUT2D eigenvalue weighted by Gasteiger charge is 2.30. The van der Waals surface area contributed by atoms with Crippen LogP contribution in [-0.2, 0) is 9.53 Å². The largest absolute Gasteiger partial charge is 0.489 e. The number of carbonyl (C=O) groups is 2. The second-order valence-corrected chi connectivity index (χ2v) is 7.17. The normalized spacial score (nSPS) is 17.0. The van der Waals surface area contributed by atoms with Crippen molar-refractivity contribution in [3.05, 3.63) is 42.2 Å². The molecule has 0 spiro atoms. The molecule has 28 heavy (non-hydrogen) atoms. The zero-order chi connectivity index (χ0) is 20.1. The average Bonchev–Trinajstić information content (AvgIpc) is 3.10. The quantitative estimate of drug-likeness (QED) is 0.783. The molecule has 150 valence electrons. The molecule has 2 heterocycles. The summed E-state index contributed by atoms with van der Waals surface area (Å²) in [5.41, 5.74) is 1.04. The standard InChI is InChI=1S/C20H25N3O5/c1-14(2)13-28-17-12-23(15-6-4-3-5-7-15)21-19(17)20(26)22-8-9-27-16(11-22)10-18(24)25/h3-7,12,14,16H,8-11,13H2,1-2H3,(H,24,25). The van der Waals surface area contributed by atoms with E-state index in [0.29, 0.717) is 31.4 Å². The van der Waals surface area contributed by atoms with Crippen LogP contribution >= 0.6 is 0 Å². The summed E-state index contributed by atoms with van der Waals surface area (Å²) in [4.78, 5) is 25.6. The summed E-state index contributed by atoms with van der Waals surface area (Å²) in [5, 5.41) is 13.4. The molecule has 8 heteroatoms. The van der Waals surface area contributed by atoms with Crippen LogP contribution in [-0.4, -0.2) is 64.1 Å². The monoisotopic (exact) mass is 387 g/mol. The topological polar surface area (TPSA) is 93.9 Å². The summed E-state index contributed by atoms with van der Waals surface area (Å²) in [6, 6.07) is 9.49. The predicted octanol–water partition coefficient (Wildman–Crippen LogP) is 2.22. The number of ether oxygens (including phenoxy) is 2. The number of carboxylic acids is 1. The molecule has 0 radical (unpaired) electrons. The molecule has 1 fully saturated rings. The Morgan fingerprint density at radius 1 is 1.32 bits per heavy atom. The van der Waals surface area contributed by atoms with Crippen LogP contribution in [0.1, 0.15) is 30.8 Å². The first-order valence-electron chi connectivity index (χ1n) is 9.34. The van der Waals surface area contributed by atoms with Gasteiger partial charge in [0, 0.05) is 13.1 Å². The molecule has 1 aliphatic rings. The lowest BCUT2D eigenvalue weighted by Crippen LogP contribution is -2.46. The van der Waals surface area contributed by atoms with Crippen molar-refractivity contribution in [2.75, 3.05) is 26.3 Å². The van der Waals surface area contributed by atoms with E-state index in [4.69, 9.17) is 14.6 Å². The van der Waals surface area contributed by atoms with Crippen molar-refractivity contribution in [1.29, 1.82) is 0 Å². The lowest BCUT2D eigenvalue weighted by molar-refractivity contribution is -0.141. The lowest BCUT2D eigenvalue weighted by atomic mass is 10.2. The Morgan fingerprint density at radius 3 is 2.75 bits per heavy atom. The molecule has 1 aromatic heterocycles. The second kappa shape index (κ2) is 8.88. The van der Waals surface area contributed by atoms with Gasteiger partial charge >= 0.3 is 5.97 Å². The molecule has 0 saturated carbocycles. The van der Waals surface area contributed by atoms with Gasteiger partial charge in [0.1, 0.15) is 0 Å². The fraction of sp³-hybridized carbons (Fsp3) is 0.450. The molecule has 0 aliphatic carbocycles. The number of nitrogens with zero attached hydrogens (tertiary/aromatic N) is 3. The highest BCUT2D eigenvalue weighted by atomic mass is 16.5. The fourth-order valence-electron chi connectivity index (χ4n) is 2.95. The molecule has 1 unspecified atom stereocenters. The number of aliphatic carboxylic acids is 1. The molecule has 8 nitrogen and oxygen atoms in total. The third kappa shape index (κ3) is 4.89. The number of amides is 1. The summed E-state index contributed by atoms with van der Waals surface area (Å²) in [7, 11) is 0. The Kier molecular flexibility index (Phi) is 6.30. The minimum Gasteiger partial charge on any atom is -0.489 e. The highest BCUT2D eigenvalue weighted by Crippen LogP contribution is 2.23. The Balaban J connectivity index is 1.84. The van der Waals surface area contributed by atoms with Crippen LogP contribution in [0, 0.1) is 5.92 Å². The number of morpholine rings is 1. The minimum absolute atomic E-state index is 0.140. The Morgan fingerprint density at radius 2 is 2.07 bits per heavy atom. The van der Waals surface area contributed by atoms with Crippen molar-refractivity contribution in [3.63, 3.8) is 0 Å². The maximum Gasteiger partial charge on any atom is 0.306 e. The fourth-order valence-corrected chi connectivity index (χ4v) is 2.95. The van der Waals surface area contributed by atoms with Crippen molar-refractivity contribution in [1.82, 2.24) is 14.7 Å². The number of carboxylic acid groups (broad SMARTS) is 1. The van der Waals surface area contributed by atoms with Gasteiger partial charge in [-0.1, -0.05) is 32.0 Å². The number of hydrogen-bond donors (Lipinski definition) is 1. The first-order chi connectivity index (χ1) is 13.4. The minimum atomic E-state index is -0.950. The second-order valence-electron chi connectivity index (χ2n) is 7.17. The number of rotatable bonds is 7. The van der Waals surface area contributed by atoms with Crippen molar-refractivity contribution >= 4 is 11.9 Å². The lowest BCUT2D eigenvalue weighted by Gasteiger charge is -2.32. The Labute approximate surface area is 163 Å². The van der Waals surface area contributed by atoms with Gasteiger partial charge < -0.3 is 19.5 Å². The number of benzene rings is 1. The van der Waals surface area contributed by atoms with E-state index < -0.39 is 12.1 Å². The van der Waals surface area contributed by atoms with Crippen LogP contribution in [0.15, 0.2) is 36.5 Å². The van der Waals surface area contributed by atoms with Crippen LogP contribution in [0.2, 0.25) is 0 Å². The first kappa shape index (κ1) is 19.9. The van der Waals surface area contributed by atoms with E-state index in [1.54, 1.807) is 15.8 Å². The molecular formula is C20H25N3O5. The van der Waals surface area contributed by atoms with Gasteiger partial charge in [0.25, 0.3) is 5.91 Å². The number of hydrogen-bond acceptors (Lipinski definition) is 5. The van der Waals surface area contributed by atoms with Gasteiger partial charge in [-0.25, -0.2) is 4.68 Å². The summed E-state index contributed by atoms with van der Waals surface area (Å²) >= 11 is 0. The first-order valence-corrected chi connectivity index (χ1v) is 9.34. The van der Waals surface area contributed by atoms with Crippen LogP contribution in [0.5, 0.6) is 5.75 Å². The van der Waals surface area contributed by atoms with Crippen LogP contribution in [0.25, 0.3) is 5.69 Å². The van der Waals surface area contributed by atoms with Gasteiger partial charge in [0.05, 0.1) is 37.6 Å². The molecule has 3 rings (SSSR count). The molecule has 2 aromatic rings. The van der Waals surface area contributed by atoms with Crippen LogP contribution < -0.4 is 4.74 Å². The van der Waals surface area contributed by atoms with Gasteiger partial charge in [-0.3, -0.25) is 9.59 Å². The van der Waals surface area contributed by atoms with Crippen molar-refractivity contribution in [2.24, 2.45) is 5.92 Å². The van der Waals surface area contributed by atoms with Gasteiger partial charge in [0.2, 0.25) is 0 Å². The van der Waals surface area contributed by atoms with Crippen molar-refractivity contribution in [3.8, 4) is 11.4 Å². The predicted molar refractivity (Wildman–Crippen MR) is 102 cm³/mol. The van der Waals surface area contributed by atoms with Gasteiger partial charge in [-0.05, 0) is 18.1 Å². The molecule has 1 aliphatic heterocycles. The number of para-hydroxylation sites is 1. The van der Waals surface area contributed by atoms with Gasteiger partial charge in [0.15, 0.2) is 11.4 Å². The molecule has 1 saturated heterocycles. The SMILES string of the molecule is CC(C)COc1cn(-c2ccccc2)nc1C(=O)N1CCOC(CC(=O)O)C1. The smallest absolute Gasteiger partial charge is 0.306 e. The van der Waals surface area contributed by atoms with E-state index in [2.05, 4.69) is 5.10 Å². The van der Waals surface area contributed by atoms with E-state index in [1.165, 1.54) is 0 Å². The molecule has 1 atom stereocenters. The number of carbonyl (C=O) groups excluding carboxylic acids is 1. The molecule has 1 N–H and O–H groups in total. The van der Waals surface area contributed by atoms with Crippen LogP contribution in [0.3, 0.4) is 0 Å². The van der Waals surface area contributed by atoms with Crippen molar-refractivity contribution < 1.29 is 24.2 Å². The Hall–Kier alpha value is -2.87. The maximum absolute atomic E-state index is 13.1. The third-order valence-corrected chi connectivity index (χ3v) is 4.30. The summed E-state index contributed by atoms with van der Waals surface area (Å²) in [6.07, 6.45) is 1.05. The average molecular weight is 387 g/mol. The maximum atomic E-state index is 13.1. The van der Waals surface area contributed by atoms with E-state index >= 15 is 0 Å². The van der Waals surface area contributed by atoms with Gasteiger partial charge in [-0.2, -0.15) is 5.10 Å². The Bertz CT molecular complexity index is 819. The van der Waals surface area contributed by atoms with E-state index in [-0.39, 0.29) is 24.6 Å². The molecule has 1 amide bonds. The highest BCUT2D eigenvalue weighted by molar-refractivity contribution is 5.95. The van der Waals surface area contributed by atoms with Gasteiger partial charge in [-0.15, -0.1) is 0 Å². The summed E-state index contributed by atoms with van der Waals surface area (Å²) in [5.74, 6) is -0.518. The molecule has 1 aromatic carbocycles. The summed E-state index contributed by atoms with van der Waals surface area (Å²) in [6.45, 7) is 5.42. The van der Waals surface area contributed by atoms with E-state index in [0.717, 1.165) is 5.69 Å². The third-order valence-electron chi connectivity index (χ3n) is 4.30. The summed E-state index contributed by atoms with van der Waals surface area (Å²) < 4.78 is 12.9.